The number of unbranched alkanes of at least 4 members (excludes halogenated alkanes) is 11. The first-order valence-corrected chi connectivity index (χ1v) is 15.7. The molecule has 0 unspecified atom stereocenters. The molecule has 0 aliphatic heterocycles. The molecule has 0 bridgehead atoms. The van der Waals surface area contributed by atoms with Gasteiger partial charge in [-0.2, -0.15) is 4.57 Å². The van der Waals surface area contributed by atoms with Crippen molar-refractivity contribution in [2.75, 3.05) is 11.9 Å². The normalized spacial score (nSPS) is 10.7. The molecule has 0 saturated heterocycles. The second kappa shape index (κ2) is 20.1. The van der Waals surface area contributed by atoms with Gasteiger partial charge >= 0.3 is 0 Å². The van der Waals surface area contributed by atoms with Gasteiger partial charge in [0.1, 0.15) is 5.75 Å². The lowest BCUT2D eigenvalue weighted by atomic mass is 10.1. The van der Waals surface area contributed by atoms with Gasteiger partial charge in [-0.25, -0.2) is 0 Å². The molecule has 1 amide bonds. The van der Waals surface area contributed by atoms with Gasteiger partial charge in [0.2, 0.25) is 11.4 Å². The molecule has 7 heteroatoms. The van der Waals surface area contributed by atoms with E-state index in [1.807, 2.05) is 54.0 Å². The van der Waals surface area contributed by atoms with E-state index >= 15 is 0 Å². The quantitative estimate of drug-likeness (QED) is 0.130. The Labute approximate surface area is 254 Å². The van der Waals surface area contributed by atoms with E-state index in [-0.39, 0.29) is 29.3 Å². The molecule has 0 radical (unpaired) electrons. The predicted molar refractivity (Wildman–Crippen MR) is 160 cm³/mol. The maximum atomic E-state index is 12.8. The summed E-state index contributed by atoms with van der Waals surface area (Å²) in [6.45, 7) is 3.64. The lowest BCUT2D eigenvalue weighted by Crippen LogP contribution is -3.00. The van der Waals surface area contributed by atoms with Crippen molar-refractivity contribution >= 4 is 34.5 Å². The fraction of sp³-hybridized carbons (Fsp3) is 0.500. The maximum Gasteiger partial charge on any atom is 0.228 e. The Balaban J connectivity index is 0.00000533. The summed E-state index contributed by atoms with van der Waals surface area (Å²) in [4.78, 5) is 12.8. The molecule has 0 spiro atoms. The summed E-state index contributed by atoms with van der Waals surface area (Å²) >= 11 is 8.03. The van der Waals surface area contributed by atoms with Crippen LogP contribution in [0.2, 0.25) is 5.02 Å². The van der Waals surface area contributed by atoms with Crippen LogP contribution in [0.5, 0.6) is 5.75 Å². The van der Waals surface area contributed by atoms with Gasteiger partial charge in [-0.15, -0.1) is 0 Å². The number of benzene rings is 2. The Kier molecular flexibility index (Phi) is 17.1. The van der Waals surface area contributed by atoms with Crippen molar-refractivity contribution in [1.82, 2.24) is 0 Å². The second-order valence-electron chi connectivity index (χ2n) is 10.1. The minimum Gasteiger partial charge on any atom is -1.00 e. The van der Waals surface area contributed by atoms with Gasteiger partial charge in [0, 0.05) is 5.56 Å². The van der Waals surface area contributed by atoms with Crippen LogP contribution in [0.3, 0.4) is 0 Å². The van der Waals surface area contributed by atoms with Crippen LogP contribution in [-0.2, 0) is 17.8 Å². The Hall–Kier alpha value is -1.89. The number of ether oxygens (including phenoxy) is 1. The first-order valence-electron chi connectivity index (χ1n) is 14.4. The summed E-state index contributed by atoms with van der Waals surface area (Å²) in [5, 5.41) is 5.71. The highest BCUT2D eigenvalue weighted by atomic mass is 79.9. The standard InChI is InChI=1S/C32H43ClN2O2S.BrH/c1-2-3-4-5-6-7-8-9-10-11-12-15-21-37-31-23-27(18-19-29(31)33)24-32(36)34-30-17-14-13-16-28(30)25-35-20-22-38-26-35;/h13-14,16-20,22-23,26H,2-12,15,21,24-25H2,1H3;1H. The molecule has 1 aromatic heterocycles. The van der Waals surface area contributed by atoms with Crippen molar-refractivity contribution < 1.29 is 31.1 Å². The minimum atomic E-state index is -0.0537. The molecule has 0 fully saturated rings. The molecule has 0 atom stereocenters. The highest BCUT2D eigenvalue weighted by Gasteiger charge is 2.12. The van der Waals surface area contributed by atoms with Crippen molar-refractivity contribution in [3.63, 3.8) is 0 Å². The Morgan fingerprint density at radius 1 is 0.923 bits per heavy atom. The zero-order chi connectivity index (χ0) is 26.8. The molecule has 3 rings (SSSR count). The van der Waals surface area contributed by atoms with E-state index in [1.165, 1.54) is 70.6 Å². The number of carbonyl (C=O) groups excluding carboxylic acids is 1. The zero-order valence-corrected chi connectivity index (χ0v) is 26.5. The van der Waals surface area contributed by atoms with E-state index in [4.69, 9.17) is 16.3 Å². The Morgan fingerprint density at radius 3 is 2.26 bits per heavy atom. The minimum absolute atomic E-state index is 0. The third-order valence-corrected chi connectivity index (χ3v) is 7.77. The van der Waals surface area contributed by atoms with Gasteiger partial charge in [0.25, 0.3) is 0 Å². The third-order valence-electron chi connectivity index (χ3n) is 6.79. The van der Waals surface area contributed by atoms with E-state index in [2.05, 4.69) is 22.3 Å². The Morgan fingerprint density at radius 2 is 1.59 bits per heavy atom. The van der Waals surface area contributed by atoms with Crippen LogP contribution in [0.1, 0.15) is 95.1 Å². The van der Waals surface area contributed by atoms with Gasteiger partial charge in [-0.05, 0) is 30.2 Å². The topological polar surface area (TPSA) is 42.2 Å². The van der Waals surface area contributed by atoms with Gasteiger partial charge in [0.05, 0.1) is 29.1 Å². The number of amides is 1. The fourth-order valence-electron chi connectivity index (χ4n) is 4.60. The van der Waals surface area contributed by atoms with Crippen molar-refractivity contribution in [2.45, 2.75) is 96.9 Å². The summed E-state index contributed by atoms with van der Waals surface area (Å²) in [6.07, 6.45) is 18.1. The number of thiazole rings is 1. The molecule has 1 heterocycles. The molecule has 1 N–H and O–H groups in total. The molecule has 0 aliphatic rings. The fourth-order valence-corrected chi connectivity index (χ4v) is 5.37. The average Bonchev–Trinajstić information content (AvgIpc) is 3.43. The number of aromatic nitrogens is 1. The number of halogens is 2. The summed E-state index contributed by atoms with van der Waals surface area (Å²) in [5.41, 5.74) is 4.87. The van der Waals surface area contributed by atoms with Crippen molar-refractivity contribution in [3.8, 4) is 5.75 Å². The number of hydrogen-bond acceptors (Lipinski definition) is 3. The second-order valence-corrected chi connectivity index (χ2v) is 11.2. The number of anilines is 1. The monoisotopic (exact) mass is 634 g/mol. The summed E-state index contributed by atoms with van der Waals surface area (Å²) in [6, 6.07) is 13.6. The average molecular weight is 636 g/mol. The Bertz CT molecular complexity index is 1080. The molecule has 2 aromatic carbocycles. The van der Waals surface area contributed by atoms with Gasteiger partial charge < -0.3 is 27.0 Å². The van der Waals surface area contributed by atoms with Gasteiger partial charge in [-0.1, -0.05) is 125 Å². The smallest absolute Gasteiger partial charge is 0.228 e. The lowest BCUT2D eigenvalue weighted by Gasteiger charge is -2.11. The zero-order valence-electron chi connectivity index (χ0n) is 23.3. The number of para-hydroxylation sites is 1. The first-order chi connectivity index (χ1) is 18.7. The SMILES string of the molecule is CCCCCCCCCCCCCCOc1cc(CC(=O)Nc2ccccc2C[n+]2ccsc2)ccc1Cl.[Br-]. The number of nitrogens with zero attached hydrogens (tertiary/aromatic N) is 1. The van der Waals surface area contributed by atoms with E-state index in [0.29, 0.717) is 17.4 Å². The van der Waals surface area contributed by atoms with Crippen LogP contribution in [0.25, 0.3) is 0 Å². The van der Waals surface area contributed by atoms with E-state index in [0.717, 1.165) is 29.8 Å². The highest BCUT2D eigenvalue weighted by Crippen LogP contribution is 2.26. The third kappa shape index (κ3) is 13.3. The van der Waals surface area contributed by atoms with Crippen LogP contribution in [0, 0.1) is 0 Å². The molecule has 4 nitrogen and oxygen atoms in total. The molecule has 39 heavy (non-hydrogen) atoms. The lowest BCUT2D eigenvalue weighted by molar-refractivity contribution is -0.683. The maximum absolute atomic E-state index is 12.8. The summed E-state index contributed by atoms with van der Waals surface area (Å²) in [5.74, 6) is 0.608. The first kappa shape index (κ1) is 33.3. The molecular weight excluding hydrogens is 592 g/mol. The van der Waals surface area contributed by atoms with Crippen molar-refractivity contribution in [3.05, 3.63) is 75.7 Å². The number of hydrogen-bond donors (Lipinski definition) is 1. The number of nitrogens with one attached hydrogen (secondary N) is 1. The van der Waals surface area contributed by atoms with Crippen LogP contribution in [0.15, 0.2) is 59.6 Å². The van der Waals surface area contributed by atoms with Crippen LogP contribution < -0.4 is 31.6 Å². The molecular formula is C32H44BrClN2O2S. The van der Waals surface area contributed by atoms with E-state index in [1.54, 1.807) is 11.3 Å². The summed E-state index contributed by atoms with van der Waals surface area (Å²) in [7, 11) is 0. The number of carbonyl (C=O) groups is 1. The van der Waals surface area contributed by atoms with E-state index in [9.17, 15) is 4.79 Å². The van der Waals surface area contributed by atoms with Crippen molar-refractivity contribution in [2.24, 2.45) is 0 Å². The van der Waals surface area contributed by atoms with Crippen LogP contribution in [0.4, 0.5) is 5.69 Å². The molecule has 3 aromatic rings. The summed E-state index contributed by atoms with van der Waals surface area (Å²) < 4.78 is 8.09. The van der Waals surface area contributed by atoms with Crippen LogP contribution >= 0.6 is 22.9 Å². The largest absolute Gasteiger partial charge is 1.00 e. The van der Waals surface area contributed by atoms with Gasteiger partial charge in [-0.3, -0.25) is 4.79 Å². The molecule has 0 aliphatic carbocycles. The number of rotatable bonds is 19. The molecule has 0 saturated carbocycles. The highest BCUT2D eigenvalue weighted by molar-refractivity contribution is 7.07. The predicted octanol–water partition coefficient (Wildman–Crippen LogP) is 6.00. The van der Waals surface area contributed by atoms with Crippen molar-refractivity contribution in [1.29, 1.82) is 0 Å². The molecule has 214 valence electrons. The van der Waals surface area contributed by atoms with E-state index < -0.39 is 0 Å². The van der Waals surface area contributed by atoms with Gasteiger partial charge in [0.15, 0.2) is 12.7 Å². The van der Waals surface area contributed by atoms with Crippen LogP contribution in [-0.4, -0.2) is 12.5 Å².